The molecule has 1 unspecified atom stereocenters. The molecular weight excluding hydrogens is 466 g/mol. The number of hydrogen-bond acceptors (Lipinski definition) is 7. The number of carbonyl (C=O) groups excluding carboxylic acids is 4. The summed E-state index contributed by atoms with van der Waals surface area (Å²) in [7, 11) is 0. The minimum Gasteiger partial charge on any atom is -0.424 e. The van der Waals surface area contributed by atoms with E-state index in [0.29, 0.717) is 31.5 Å². The van der Waals surface area contributed by atoms with Gasteiger partial charge in [-0.05, 0) is 25.0 Å². The number of rotatable bonds is 8. The first-order chi connectivity index (χ1) is 17.3. The van der Waals surface area contributed by atoms with Crippen molar-refractivity contribution in [2.75, 3.05) is 19.9 Å². The van der Waals surface area contributed by atoms with Gasteiger partial charge in [-0.2, -0.15) is 0 Å². The molecule has 10 heteroatoms. The smallest absolute Gasteiger partial charge is 0.415 e. The summed E-state index contributed by atoms with van der Waals surface area (Å²) in [6.07, 6.45) is -0.966. The molecular formula is C26H28N3O7. The number of carbonyl (C=O) groups is 4. The average Bonchev–Trinajstić information content (AvgIpc) is 2.89. The van der Waals surface area contributed by atoms with E-state index >= 15 is 0 Å². The van der Waals surface area contributed by atoms with Gasteiger partial charge in [0.05, 0.1) is 11.7 Å². The van der Waals surface area contributed by atoms with Crippen molar-refractivity contribution in [1.82, 2.24) is 10.2 Å². The molecule has 2 aromatic rings. The Morgan fingerprint density at radius 1 is 0.972 bits per heavy atom. The largest absolute Gasteiger partial charge is 0.424 e. The minimum atomic E-state index is -1.03. The van der Waals surface area contributed by atoms with E-state index in [0.717, 1.165) is 0 Å². The molecule has 0 aromatic heterocycles. The maximum atomic E-state index is 13.0. The number of benzene rings is 2. The summed E-state index contributed by atoms with van der Waals surface area (Å²) in [6.45, 7) is 1.78. The molecule has 3 rings (SSSR count). The second-order valence-electron chi connectivity index (χ2n) is 8.45. The predicted molar refractivity (Wildman–Crippen MR) is 128 cm³/mol. The average molecular weight is 495 g/mol. The Bertz CT molecular complexity index is 1110. The summed E-state index contributed by atoms with van der Waals surface area (Å²) in [5, 5.41) is 21.9. The Kier molecular flexibility index (Phi) is 9.29. The monoisotopic (exact) mass is 494 g/mol. The van der Waals surface area contributed by atoms with Crippen molar-refractivity contribution in [2.45, 2.75) is 32.3 Å². The number of likely N-dealkylation sites (tertiary alicyclic amines) is 1. The number of nitrogens with zero attached hydrogens (tertiary/aromatic N) is 1. The molecule has 1 fully saturated rings. The van der Waals surface area contributed by atoms with E-state index in [4.69, 9.17) is 14.9 Å². The predicted octanol–water partition coefficient (Wildman–Crippen LogP) is 3.18. The van der Waals surface area contributed by atoms with Crippen molar-refractivity contribution in [3.05, 3.63) is 71.3 Å². The molecule has 0 aliphatic carbocycles. The third kappa shape index (κ3) is 7.22. The van der Waals surface area contributed by atoms with Crippen LogP contribution >= 0.6 is 0 Å². The minimum absolute atomic E-state index is 0.0830. The number of Topliss-reactive ketones (excluding diaryl/α,β-unsaturated/α-hetero) is 1. The number of amidine groups is 1. The Balaban J connectivity index is 1.53. The molecule has 189 valence electrons. The van der Waals surface area contributed by atoms with Gasteiger partial charge in [-0.3, -0.25) is 20.3 Å². The lowest BCUT2D eigenvalue weighted by Crippen LogP contribution is -2.42. The quantitative estimate of drug-likeness (QED) is 0.189. The van der Waals surface area contributed by atoms with Crippen molar-refractivity contribution in [1.29, 1.82) is 5.41 Å². The topological polar surface area (TPSA) is 146 Å². The van der Waals surface area contributed by atoms with Gasteiger partial charge < -0.3 is 14.4 Å². The molecule has 1 heterocycles. The Morgan fingerprint density at radius 3 is 2.25 bits per heavy atom. The summed E-state index contributed by atoms with van der Waals surface area (Å²) in [5.41, 5.74) is 0.632. The zero-order valence-corrected chi connectivity index (χ0v) is 19.9. The van der Waals surface area contributed by atoms with Crippen LogP contribution in [0.2, 0.25) is 0 Å². The third-order valence-electron chi connectivity index (χ3n) is 5.78. The van der Waals surface area contributed by atoms with Crippen molar-refractivity contribution >= 4 is 29.6 Å². The number of piperidine rings is 1. The first kappa shape index (κ1) is 26.6. The molecule has 0 spiro atoms. The van der Waals surface area contributed by atoms with Gasteiger partial charge in [0.25, 0.3) is 0 Å². The van der Waals surface area contributed by atoms with Gasteiger partial charge in [0.1, 0.15) is 5.84 Å². The van der Waals surface area contributed by atoms with Crippen LogP contribution in [0, 0.1) is 11.3 Å². The summed E-state index contributed by atoms with van der Waals surface area (Å²) < 4.78 is 9.68. The molecule has 1 atom stereocenters. The third-order valence-corrected chi connectivity index (χ3v) is 5.78. The van der Waals surface area contributed by atoms with Gasteiger partial charge in [0.2, 0.25) is 12.7 Å². The Hall–Kier alpha value is -4.05. The highest BCUT2D eigenvalue weighted by Gasteiger charge is 2.28. The maximum absolute atomic E-state index is 13.0. The number of esters is 1. The van der Waals surface area contributed by atoms with Crippen LogP contribution in [0.5, 0.6) is 0 Å². The lowest BCUT2D eigenvalue weighted by atomic mass is 9.94. The summed E-state index contributed by atoms with van der Waals surface area (Å²) in [6, 6.07) is 14.4. The molecule has 0 bridgehead atoms. The summed E-state index contributed by atoms with van der Waals surface area (Å²) in [4.78, 5) is 51.2. The highest BCUT2D eigenvalue weighted by atomic mass is 16.7. The number of hydrogen-bond donors (Lipinski definition) is 2. The van der Waals surface area contributed by atoms with Crippen LogP contribution in [0.15, 0.2) is 54.6 Å². The van der Waals surface area contributed by atoms with Gasteiger partial charge >= 0.3 is 12.1 Å². The standard InChI is InChI=1S/C26H28N3O7/c1-17(24(32)29-13-11-19(30)12-14-29)15-22(31)20-9-5-6-10-21(20)23(27)28-26(34)36-16-35-25(33)18-7-3-2-4-8-18/h2-10,17,19H,11-16H2,1H3,(H2,27,28,34). The van der Waals surface area contributed by atoms with E-state index in [-0.39, 0.29) is 35.1 Å². The van der Waals surface area contributed by atoms with E-state index in [1.54, 1.807) is 54.3 Å². The van der Waals surface area contributed by atoms with Gasteiger partial charge in [-0.15, -0.1) is 0 Å². The number of nitrogens with one attached hydrogen (secondary N) is 2. The molecule has 1 saturated heterocycles. The van der Waals surface area contributed by atoms with Crippen molar-refractivity contribution in [3.8, 4) is 0 Å². The number of amides is 2. The van der Waals surface area contributed by atoms with Crippen LogP contribution in [0.1, 0.15) is 52.5 Å². The van der Waals surface area contributed by atoms with E-state index in [1.807, 2.05) is 0 Å². The fourth-order valence-electron chi connectivity index (χ4n) is 3.81. The highest BCUT2D eigenvalue weighted by Crippen LogP contribution is 2.19. The zero-order valence-electron chi connectivity index (χ0n) is 19.9. The fraction of sp³-hybridized carbons (Fsp3) is 0.346. The van der Waals surface area contributed by atoms with Gasteiger partial charge in [-0.1, -0.05) is 49.4 Å². The Morgan fingerprint density at radius 2 is 1.58 bits per heavy atom. The first-order valence-corrected chi connectivity index (χ1v) is 11.6. The van der Waals surface area contributed by atoms with Crippen LogP contribution < -0.4 is 5.32 Å². The van der Waals surface area contributed by atoms with E-state index in [2.05, 4.69) is 5.32 Å². The zero-order chi connectivity index (χ0) is 26.1. The number of alkyl carbamates (subject to hydrolysis) is 1. The Labute approximate surface area is 208 Å². The van der Waals surface area contributed by atoms with E-state index in [1.165, 1.54) is 12.1 Å². The number of ether oxygens (including phenoxy) is 2. The lowest BCUT2D eigenvalue weighted by Gasteiger charge is -2.30. The molecule has 2 N–H and O–H groups in total. The van der Waals surface area contributed by atoms with E-state index < -0.39 is 30.9 Å². The van der Waals surface area contributed by atoms with E-state index in [9.17, 15) is 24.3 Å². The SMILES string of the molecule is CC(CC(=O)c1ccccc1C(=N)NC(=O)OCOC(=O)c1ccccc1)C(=O)N1CCC([O])CC1. The molecule has 1 aliphatic heterocycles. The van der Waals surface area contributed by atoms with Crippen LogP contribution in [-0.4, -0.2) is 60.5 Å². The second-order valence-corrected chi connectivity index (χ2v) is 8.45. The fourth-order valence-corrected chi connectivity index (χ4v) is 3.81. The van der Waals surface area contributed by atoms with Crippen molar-refractivity contribution < 1.29 is 33.8 Å². The van der Waals surface area contributed by atoms with Crippen molar-refractivity contribution in [3.63, 3.8) is 0 Å². The van der Waals surface area contributed by atoms with Crippen LogP contribution in [0.4, 0.5) is 4.79 Å². The van der Waals surface area contributed by atoms with Crippen LogP contribution in [0.3, 0.4) is 0 Å². The maximum Gasteiger partial charge on any atom is 0.415 e. The molecule has 1 aliphatic rings. The molecule has 0 saturated carbocycles. The van der Waals surface area contributed by atoms with Crippen molar-refractivity contribution in [2.24, 2.45) is 5.92 Å². The van der Waals surface area contributed by atoms with Gasteiger partial charge in [0.15, 0.2) is 5.78 Å². The van der Waals surface area contributed by atoms with Crippen LogP contribution in [-0.2, 0) is 19.4 Å². The summed E-state index contributed by atoms with van der Waals surface area (Å²) in [5.74, 6) is -2.19. The molecule has 10 nitrogen and oxygen atoms in total. The second kappa shape index (κ2) is 12.6. The van der Waals surface area contributed by atoms with Gasteiger partial charge in [-0.25, -0.2) is 14.7 Å². The molecule has 2 amide bonds. The van der Waals surface area contributed by atoms with Crippen LogP contribution in [0.25, 0.3) is 0 Å². The highest BCUT2D eigenvalue weighted by molar-refractivity contribution is 6.12. The molecule has 2 aromatic carbocycles. The summed E-state index contributed by atoms with van der Waals surface area (Å²) >= 11 is 0. The molecule has 36 heavy (non-hydrogen) atoms. The van der Waals surface area contributed by atoms with Gasteiger partial charge in [0, 0.05) is 36.6 Å². The first-order valence-electron chi connectivity index (χ1n) is 11.6. The lowest BCUT2D eigenvalue weighted by molar-refractivity contribution is -0.137. The molecule has 1 radical (unpaired) electrons. The number of ketones is 1. The normalized spacial score (nSPS) is 14.4.